The van der Waals surface area contributed by atoms with Crippen molar-refractivity contribution in [2.75, 3.05) is 7.11 Å². The van der Waals surface area contributed by atoms with Crippen LogP contribution in [0.5, 0.6) is 0 Å². The molecular formula is C87H102N18O16. The van der Waals surface area contributed by atoms with Crippen molar-refractivity contribution < 1.29 is 68.4 Å². The molecule has 34 heteroatoms. The molecular weight excluding hydrogens is 1550 g/mol. The van der Waals surface area contributed by atoms with Crippen LogP contribution in [-0.4, -0.2) is 142 Å². The molecule has 6 aromatic carbocycles. The summed E-state index contributed by atoms with van der Waals surface area (Å²) >= 11 is 0. The maximum absolute atomic E-state index is 13.5. The number of aromatic carboxylic acids is 1. The molecule has 14 aromatic rings. The van der Waals surface area contributed by atoms with Crippen LogP contribution in [0, 0.1) is 13.8 Å². The molecule has 0 aliphatic rings. The van der Waals surface area contributed by atoms with Crippen molar-refractivity contribution in [3.63, 3.8) is 0 Å². The molecule has 636 valence electrons. The zero-order valence-electron chi connectivity index (χ0n) is 72.5. The molecule has 7 N–H and O–H groups in total. The van der Waals surface area contributed by atoms with E-state index in [0.29, 0.717) is 73.8 Å². The number of aliphatic hydroxyl groups is 4. The smallest absolute Gasteiger partial charge is 0.477 e. The molecule has 8 heterocycles. The second-order valence-electron chi connectivity index (χ2n) is 29.0. The van der Waals surface area contributed by atoms with Crippen LogP contribution in [0.2, 0.25) is 0 Å². The number of carboxylic acids is 1. The largest absolute Gasteiger partial charge is 0.519 e. The van der Waals surface area contributed by atoms with Gasteiger partial charge in [0.2, 0.25) is 18.9 Å². The third-order valence-corrected chi connectivity index (χ3v) is 18.7. The number of hydrogen-bond donors (Lipinski definition) is 7. The van der Waals surface area contributed by atoms with Gasteiger partial charge in [0.25, 0.3) is 0 Å². The zero-order chi connectivity index (χ0) is 89.5. The number of rotatable bonds is 28. The van der Waals surface area contributed by atoms with Gasteiger partial charge in [-0.3, -0.25) is 0 Å². The van der Waals surface area contributed by atoms with E-state index in [1.807, 2.05) is 180 Å². The number of hydrogen-bond acceptors (Lipinski definition) is 27. The van der Waals surface area contributed by atoms with Gasteiger partial charge in [-0.1, -0.05) is 188 Å². The summed E-state index contributed by atoms with van der Waals surface area (Å²) in [6.45, 7) is 22.9. The van der Waals surface area contributed by atoms with E-state index in [-0.39, 0.29) is 70.4 Å². The van der Waals surface area contributed by atoms with E-state index < -0.39 is 46.4 Å². The van der Waals surface area contributed by atoms with E-state index in [9.17, 15) is 44.4 Å². The Kier molecular flexibility index (Phi) is 29.7. The van der Waals surface area contributed by atoms with Gasteiger partial charge in [-0.25, -0.2) is 38.9 Å². The molecule has 0 saturated heterocycles. The molecule has 0 spiro atoms. The van der Waals surface area contributed by atoms with Crippen LogP contribution in [0.25, 0.3) is 67.5 Å². The number of ether oxygens (including phenoxy) is 2. The van der Waals surface area contributed by atoms with Crippen molar-refractivity contribution >= 4 is 17.9 Å². The molecule has 0 unspecified atom stereocenters. The lowest BCUT2D eigenvalue weighted by Gasteiger charge is -2.18. The highest BCUT2D eigenvalue weighted by Gasteiger charge is 2.36. The van der Waals surface area contributed by atoms with Crippen LogP contribution in [-0.2, 0) is 85.4 Å². The summed E-state index contributed by atoms with van der Waals surface area (Å²) in [5, 5.41) is 86.9. The SMILES string of the molecule is CC.CCCc1nc(C(C)(C)O)c(C(=O)O)n1Cc1ccc(-c2ccccc2-c2nn[nH]n2)cc1.CCCc1nc(C(C)(C)O)c(C(=O)OCc2oc(=O)oc2C)n1Cc1ccc(-c2ccccc2-c2nn[nH]n2)cc1.CCCc1nc(C(C)(C)O)c(C(=O)OCc2oc(=O)oc2C)n1Cc1ccc(-c2ccccc2-c2nnn(C)n2)cc1.[2H]C.[2H]OC. The minimum atomic E-state index is -1.41. The van der Waals surface area contributed by atoms with E-state index in [4.69, 9.17) is 29.9 Å². The topological polar surface area (TPSA) is 463 Å². The lowest BCUT2D eigenvalue weighted by Crippen LogP contribution is -2.23. The number of carbonyl (C=O) groups excluding carboxylic acids is 2. The van der Waals surface area contributed by atoms with Crippen LogP contribution in [0.15, 0.2) is 173 Å². The van der Waals surface area contributed by atoms with Crippen molar-refractivity contribution in [2.45, 2.75) is 186 Å². The van der Waals surface area contributed by atoms with Gasteiger partial charge in [0, 0.05) is 64.1 Å². The highest BCUT2D eigenvalue weighted by molar-refractivity contribution is 5.91. The number of nitrogens with zero attached hydrogens (tertiary/aromatic N) is 16. The minimum Gasteiger partial charge on any atom is -0.477 e. The van der Waals surface area contributed by atoms with Gasteiger partial charge in [-0.15, -0.1) is 30.6 Å². The Balaban J connectivity index is 0.000000203. The summed E-state index contributed by atoms with van der Waals surface area (Å²) in [6, 6.07) is 47.2. The molecule has 0 aliphatic carbocycles. The fourth-order valence-corrected chi connectivity index (χ4v) is 13.2. The first-order valence-electron chi connectivity index (χ1n) is 40.3. The van der Waals surface area contributed by atoms with Gasteiger partial charge < -0.3 is 66.4 Å². The third kappa shape index (κ3) is 22.1. The van der Waals surface area contributed by atoms with Gasteiger partial charge in [-0.2, -0.15) is 15.2 Å². The number of tetrazole rings is 3. The lowest BCUT2D eigenvalue weighted by atomic mass is 9.98. The maximum Gasteiger partial charge on any atom is 0.519 e. The zero-order valence-corrected chi connectivity index (χ0v) is 70.5. The van der Waals surface area contributed by atoms with Crippen molar-refractivity contribution in [2.24, 2.45) is 7.05 Å². The Morgan fingerprint density at radius 2 is 0.785 bits per heavy atom. The molecule has 34 nitrogen and oxygen atoms in total. The summed E-state index contributed by atoms with van der Waals surface area (Å²) in [6.07, 6.45) is 4.16. The van der Waals surface area contributed by atoms with E-state index in [0.717, 1.165) is 86.0 Å². The predicted molar refractivity (Wildman–Crippen MR) is 447 cm³/mol. The first-order valence-corrected chi connectivity index (χ1v) is 38.9. The molecule has 0 saturated carbocycles. The number of aryl methyl sites for hydroxylation is 6. The van der Waals surface area contributed by atoms with E-state index in [1.54, 1.807) is 76.1 Å². The molecule has 0 radical (unpaired) electrons. The second kappa shape index (κ2) is 40.7. The number of carbonyl (C=O) groups is 3. The molecule has 0 atom stereocenters. The van der Waals surface area contributed by atoms with Gasteiger partial charge in [0.05, 0.1) is 7.05 Å². The highest BCUT2D eigenvalue weighted by atomic mass is 16.6. The Morgan fingerprint density at radius 3 is 1.05 bits per heavy atom. The summed E-state index contributed by atoms with van der Waals surface area (Å²) in [7, 11) is 4.26. The molecule has 0 amide bonds. The highest BCUT2D eigenvalue weighted by Crippen LogP contribution is 2.36. The number of esters is 2. The summed E-state index contributed by atoms with van der Waals surface area (Å²) < 4.78 is 47.4. The summed E-state index contributed by atoms with van der Waals surface area (Å²) in [5.41, 5.74) is 7.82. The van der Waals surface area contributed by atoms with Crippen LogP contribution < -0.4 is 11.6 Å². The van der Waals surface area contributed by atoms with E-state index >= 15 is 0 Å². The first kappa shape index (κ1) is 88.2. The molecule has 0 fully saturated rings. The predicted octanol–water partition coefficient (Wildman–Crippen LogP) is 13.3. The monoisotopic (exact) mass is 1660 g/mol. The van der Waals surface area contributed by atoms with Gasteiger partial charge >= 0.3 is 29.6 Å². The fraction of sp³-hybridized carbons (Fsp3) is 0.345. The summed E-state index contributed by atoms with van der Waals surface area (Å²) in [4.78, 5) is 77.1. The number of aliphatic hydroxyl groups excluding tert-OH is 1. The van der Waals surface area contributed by atoms with Crippen molar-refractivity contribution in [3.8, 4) is 67.5 Å². The van der Waals surface area contributed by atoms with E-state index in [2.05, 4.69) is 76.7 Å². The normalized spacial score (nSPS) is 11.4. The average molecular weight is 1660 g/mol. The number of H-pyrrole nitrogens is 2. The van der Waals surface area contributed by atoms with Gasteiger partial charge in [0.1, 0.15) is 51.4 Å². The Morgan fingerprint density at radius 1 is 0.479 bits per heavy atom. The van der Waals surface area contributed by atoms with Crippen molar-refractivity contribution in [1.29, 1.82) is 1.43 Å². The number of nitrogens with one attached hydrogen (secondary N) is 2. The Bertz CT molecular complexity index is 5900. The first-order chi connectivity index (χ1) is 58.9. The van der Waals surface area contributed by atoms with Gasteiger partial charge in [-0.05, 0) is 140 Å². The molecule has 121 heavy (non-hydrogen) atoms. The number of aromatic amines is 2. The Hall–Kier alpha value is -13.6. The van der Waals surface area contributed by atoms with Crippen LogP contribution in [0.3, 0.4) is 0 Å². The molecule has 14 rings (SSSR count). The van der Waals surface area contributed by atoms with Crippen LogP contribution in [0.4, 0.5) is 0 Å². The molecule has 8 aromatic heterocycles. The quantitative estimate of drug-likeness (QED) is 0.0224. The van der Waals surface area contributed by atoms with Crippen molar-refractivity contribution in [1.82, 2.24) is 90.1 Å². The fourth-order valence-electron chi connectivity index (χ4n) is 13.2. The molecule has 0 bridgehead atoms. The van der Waals surface area contributed by atoms with Crippen LogP contribution in [0.1, 0.15) is 210 Å². The number of imidazole rings is 3. The third-order valence-electron chi connectivity index (χ3n) is 18.7. The average Bonchev–Trinajstić information content (AvgIpc) is 1.63. The lowest BCUT2D eigenvalue weighted by molar-refractivity contribution is 0.0391. The van der Waals surface area contributed by atoms with E-state index in [1.165, 1.54) is 19.3 Å². The number of benzene rings is 6. The van der Waals surface area contributed by atoms with Gasteiger partial charge in [0.15, 0.2) is 53.3 Å². The second-order valence-corrected chi connectivity index (χ2v) is 29.0. The Labute approximate surface area is 700 Å². The number of carboxylic acid groups (broad SMARTS) is 1. The van der Waals surface area contributed by atoms with Crippen LogP contribution >= 0.6 is 0 Å². The maximum atomic E-state index is 13.5. The summed E-state index contributed by atoms with van der Waals surface area (Å²) in [5.74, 6) is -0.0630. The number of aromatic nitrogens is 18. The standard InChI is InChI=1S/C30H32N6O6.C29H30N6O6.C24H26N6O3.C2H6.CH4O.CH4/c1-6-9-24-31-26(30(3,4)39)25(28(37)40-17-23-18(2)41-29(38)42-23)36(24)16-19-12-14-20(15-13-19)21-10-7-8-11-22(21)27-32-34-35(5)33-27;1-5-8-23-30-25(29(3,4)38)24(27(36)39-16-22-17(2)40-28(37)41-22)35(23)15-18-11-13-19(14-12-18)20-9-6-7-10-21(20)26-31-33-34-32-26;1-4-7-19-25-21(24(2,3)33)20(23(31)32)30(19)14-15-10-12-16(13-11-15)17-8-5-6-9-18(17)22-26-28-29-27-22;2*1-2;/h7-8,10-15,39H,6,9,16-17H2,1-5H3;6-7,9-14,38H,5,8,15-16H2,1-4H3,(H,31,32,33,34);5-6,8-13,33H,4,7,14H2,1-3H3,(H,31,32)(H,26,27,28,29);1-2H3;2H,1H3;1H4/i;;;;2D;1D. The van der Waals surface area contributed by atoms with Crippen molar-refractivity contribution in [3.05, 3.63) is 258 Å². The molecule has 0 aliphatic heterocycles. The minimum absolute atomic E-state index is 0.0254.